The van der Waals surface area contributed by atoms with Crippen LogP contribution in [0.15, 0.2) is 22.7 Å². The fourth-order valence-electron chi connectivity index (χ4n) is 1.50. The van der Waals surface area contributed by atoms with Crippen molar-refractivity contribution >= 4 is 27.3 Å². The first kappa shape index (κ1) is 9.55. The number of anilines is 1. The van der Waals surface area contributed by atoms with Crippen molar-refractivity contribution in [2.75, 3.05) is 12.3 Å². The van der Waals surface area contributed by atoms with Gasteiger partial charge in [0.25, 0.3) is 0 Å². The highest BCUT2D eigenvalue weighted by Gasteiger charge is 2.14. The second-order valence-corrected chi connectivity index (χ2v) is 4.02. The molecule has 74 valence electrons. The van der Waals surface area contributed by atoms with Gasteiger partial charge < -0.3 is 5.73 Å². The number of hydrogen-bond donors (Lipinski definition) is 2. The van der Waals surface area contributed by atoms with Crippen molar-refractivity contribution in [3.63, 3.8) is 0 Å². The molecule has 1 aliphatic rings. The van der Waals surface area contributed by atoms with E-state index in [0.717, 1.165) is 27.0 Å². The minimum Gasteiger partial charge on any atom is -0.398 e. The van der Waals surface area contributed by atoms with E-state index in [-0.39, 0.29) is 0 Å². The normalized spacial score (nSPS) is 15.1. The Morgan fingerprint density at radius 3 is 2.93 bits per heavy atom. The van der Waals surface area contributed by atoms with Gasteiger partial charge in [-0.3, -0.25) is 10.3 Å². The first-order valence-electron chi connectivity index (χ1n) is 4.33. The molecular formula is C10H11BrN2O. The quantitative estimate of drug-likeness (QED) is 0.756. The predicted octanol–water partition coefficient (Wildman–Crippen LogP) is 2.22. The molecule has 0 bridgehead atoms. The smallest absolute Gasteiger partial charge is 0.0951 e. The second kappa shape index (κ2) is 3.63. The Bertz CT molecular complexity index is 401. The zero-order valence-corrected chi connectivity index (χ0v) is 9.39. The van der Waals surface area contributed by atoms with E-state index >= 15 is 0 Å². The molecule has 14 heavy (non-hydrogen) atoms. The molecule has 0 aliphatic carbocycles. The second-order valence-electron chi connectivity index (χ2n) is 3.17. The van der Waals surface area contributed by atoms with Crippen LogP contribution in [0.3, 0.4) is 0 Å². The minimum atomic E-state index is 0.584. The highest BCUT2D eigenvalue weighted by Crippen LogP contribution is 2.30. The molecule has 1 aromatic rings. The van der Waals surface area contributed by atoms with Gasteiger partial charge in [-0.2, -0.15) is 0 Å². The summed E-state index contributed by atoms with van der Waals surface area (Å²) in [6, 6.07) is 3.83. The SMILES string of the molecule is Cc1c(Br)ccc(N)c1C1=CCON1. The van der Waals surface area contributed by atoms with Crippen LogP contribution in [0.2, 0.25) is 0 Å². The topological polar surface area (TPSA) is 47.3 Å². The number of hydrogen-bond acceptors (Lipinski definition) is 3. The van der Waals surface area contributed by atoms with E-state index in [9.17, 15) is 0 Å². The Hall–Kier alpha value is -1.00. The fraction of sp³-hybridized carbons (Fsp3) is 0.200. The van der Waals surface area contributed by atoms with Crippen LogP contribution in [-0.2, 0) is 4.84 Å². The largest absolute Gasteiger partial charge is 0.398 e. The van der Waals surface area contributed by atoms with Gasteiger partial charge in [-0.05, 0) is 30.7 Å². The molecule has 0 saturated heterocycles. The molecule has 0 atom stereocenters. The number of halogens is 1. The molecule has 3 N–H and O–H groups in total. The molecule has 0 fully saturated rings. The fourth-order valence-corrected chi connectivity index (χ4v) is 1.83. The number of benzene rings is 1. The summed E-state index contributed by atoms with van der Waals surface area (Å²) in [5, 5.41) is 0. The van der Waals surface area contributed by atoms with Gasteiger partial charge in [-0.15, -0.1) is 0 Å². The van der Waals surface area contributed by atoms with Crippen molar-refractivity contribution < 1.29 is 4.84 Å². The number of rotatable bonds is 1. The first-order chi connectivity index (χ1) is 6.70. The van der Waals surface area contributed by atoms with Crippen LogP contribution in [0, 0.1) is 6.92 Å². The van der Waals surface area contributed by atoms with Crippen LogP contribution in [0.4, 0.5) is 5.69 Å². The van der Waals surface area contributed by atoms with E-state index in [1.807, 2.05) is 25.1 Å². The van der Waals surface area contributed by atoms with E-state index < -0.39 is 0 Å². The van der Waals surface area contributed by atoms with E-state index in [1.54, 1.807) is 0 Å². The third kappa shape index (κ3) is 1.51. The average Bonchev–Trinajstić information content (AvgIpc) is 2.65. The zero-order valence-electron chi connectivity index (χ0n) is 7.80. The Kier molecular flexibility index (Phi) is 2.48. The molecule has 0 radical (unpaired) electrons. The molecular weight excluding hydrogens is 244 g/mol. The molecule has 1 aliphatic heterocycles. The maximum absolute atomic E-state index is 5.91. The highest BCUT2D eigenvalue weighted by molar-refractivity contribution is 9.10. The van der Waals surface area contributed by atoms with Crippen molar-refractivity contribution in [2.45, 2.75) is 6.92 Å². The Morgan fingerprint density at radius 1 is 1.50 bits per heavy atom. The molecule has 0 aromatic heterocycles. The summed E-state index contributed by atoms with van der Waals surface area (Å²) < 4.78 is 1.05. The number of nitrogens with one attached hydrogen (secondary N) is 1. The van der Waals surface area contributed by atoms with Crippen molar-refractivity contribution in [1.29, 1.82) is 0 Å². The highest BCUT2D eigenvalue weighted by atomic mass is 79.9. The van der Waals surface area contributed by atoms with Gasteiger partial charge in [-0.1, -0.05) is 15.9 Å². The van der Waals surface area contributed by atoms with Gasteiger partial charge in [0.2, 0.25) is 0 Å². The summed E-state index contributed by atoms with van der Waals surface area (Å²) in [7, 11) is 0. The maximum Gasteiger partial charge on any atom is 0.0951 e. The van der Waals surface area contributed by atoms with Gasteiger partial charge in [0.1, 0.15) is 0 Å². The van der Waals surface area contributed by atoms with Crippen LogP contribution >= 0.6 is 15.9 Å². The van der Waals surface area contributed by atoms with Crippen LogP contribution in [-0.4, -0.2) is 6.61 Å². The first-order valence-corrected chi connectivity index (χ1v) is 5.12. The van der Waals surface area contributed by atoms with Gasteiger partial charge in [-0.25, -0.2) is 0 Å². The van der Waals surface area contributed by atoms with E-state index in [4.69, 9.17) is 10.6 Å². The minimum absolute atomic E-state index is 0.584. The number of hydroxylamine groups is 1. The molecule has 0 unspecified atom stereocenters. The Balaban J connectivity index is 2.55. The standard InChI is InChI=1S/C10H11BrN2O/c1-6-7(11)2-3-8(12)10(6)9-4-5-14-13-9/h2-4,13H,5,12H2,1H3. The molecule has 1 heterocycles. The molecule has 0 spiro atoms. The average molecular weight is 255 g/mol. The van der Waals surface area contributed by atoms with Crippen LogP contribution in [0.25, 0.3) is 5.70 Å². The van der Waals surface area contributed by atoms with Gasteiger partial charge in [0, 0.05) is 15.7 Å². The van der Waals surface area contributed by atoms with Crippen LogP contribution in [0.1, 0.15) is 11.1 Å². The van der Waals surface area contributed by atoms with Gasteiger partial charge in [0.15, 0.2) is 0 Å². The van der Waals surface area contributed by atoms with Crippen molar-refractivity contribution in [1.82, 2.24) is 5.48 Å². The number of nitrogen functional groups attached to an aromatic ring is 1. The molecule has 4 heteroatoms. The summed E-state index contributed by atoms with van der Waals surface area (Å²) in [6.07, 6.45) is 1.98. The molecule has 2 rings (SSSR count). The summed E-state index contributed by atoms with van der Waals surface area (Å²) in [5.41, 5.74) is 12.6. The lowest BCUT2D eigenvalue weighted by molar-refractivity contribution is 0.121. The van der Waals surface area contributed by atoms with Gasteiger partial charge in [0.05, 0.1) is 12.3 Å². The maximum atomic E-state index is 5.91. The van der Waals surface area contributed by atoms with Crippen molar-refractivity contribution in [3.8, 4) is 0 Å². The van der Waals surface area contributed by atoms with Crippen LogP contribution < -0.4 is 11.2 Å². The third-order valence-electron chi connectivity index (χ3n) is 2.25. The van der Waals surface area contributed by atoms with Crippen LogP contribution in [0.5, 0.6) is 0 Å². The van der Waals surface area contributed by atoms with Crippen molar-refractivity contribution in [2.24, 2.45) is 0 Å². The van der Waals surface area contributed by atoms with E-state index in [2.05, 4.69) is 21.4 Å². The summed E-state index contributed by atoms with van der Waals surface area (Å²) in [6.45, 7) is 2.61. The molecule has 1 aromatic carbocycles. The zero-order chi connectivity index (χ0) is 10.1. The third-order valence-corrected chi connectivity index (χ3v) is 3.11. The lowest BCUT2D eigenvalue weighted by atomic mass is 10.0. The lowest BCUT2D eigenvalue weighted by Crippen LogP contribution is -2.08. The summed E-state index contributed by atoms with van der Waals surface area (Å²) >= 11 is 3.48. The Morgan fingerprint density at radius 2 is 2.29 bits per heavy atom. The summed E-state index contributed by atoms with van der Waals surface area (Å²) in [4.78, 5) is 5.05. The molecule has 3 nitrogen and oxygen atoms in total. The van der Waals surface area contributed by atoms with Crippen molar-refractivity contribution in [3.05, 3.63) is 33.8 Å². The Labute approximate surface area is 91.0 Å². The summed E-state index contributed by atoms with van der Waals surface area (Å²) in [5.74, 6) is 0. The monoisotopic (exact) mass is 254 g/mol. The molecule has 0 amide bonds. The lowest BCUT2D eigenvalue weighted by Gasteiger charge is -2.11. The number of nitrogens with two attached hydrogens (primary N) is 1. The predicted molar refractivity (Wildman–Crippen MR) is 60.4 cm³/mol. The van der Waals surface area contributed by atoms with Gasteiger partial charge >= 0.3 is 0 Å². The van der Waals surface area contributed by atoms with E-state index in [0.29, 0.717) is 6.61 Å². The molecule has 0 saturated carbocycles. The van der Waals surface area contributed by atoms with E-state index in [1.165, 1.54) is 0 Å².